The van der Waals surface area contributed by atoms with Crippen LogP contribution >= 0.6 is 15.9 Å². The first-order valence-electron chi connectivity index (χ1n) is 10.3. The predicted molar refractivity (Wildman–Crippen MR) is 128 cm³/mol. The molecule has 0 amide bonds. The van der Waals surface area contributed by atoms with Gasteiger partial charge in [0, 0.05) is 37.5 Å². The molecule has 2 aliphatic rings. The predicted octanol–water partition coefficient (Wildman–Crippen LogP) is 5.30. The van der Waals surface area contributed by atoms with Gasteiger partial charge in [-0.3, -0.25) is 0 Å². The van der Waals surface area contributed by atoms with Crippen molar-refractivity contribution < 1.29 is 13.9 Å². The van der Waals surface area contributed by atoms with E-state index >= 15 is 0 Å². The van der Waals surface area contributed by atoms with Crippen molar-refractivity contribution in [2.24, 2.45) is 10.9 Å². The van der Waals surface area contributed by atoms with Crippen LogP contribution in [0.2, 0.25) is 0 Å². The molecule has 3 rings (SSSR count). The zero-order valence-corrected chi connectivity index (χ0v) is 19.7. The summed E-state index contributed by atoms with van der Waals surface area (Å²) < 4.78 is 26.8. The number of methoxy groups -OCH3 is 1. The summed E-state index contributed by atoms with van der Waals surface area (Å²) >= 11 is 3.29. The van der Waals surface area contributed by atoms with Crippen LogP contribution in [0.15, 0.2) is 75.1 Å². The lowest BCUT2D eigenvalue weighted by molar-refractivity contribution is 0.0254. The fourth-order valence-corrected chi connectivity index (χ4v) is 3.71. The van der Waals surface area contributed by atoms with E-state index in [1.807, 2.05) is 25.1 Å². The molecule has 31 heavy (non-hydrogen) atoms. The fraction of sp³-hybridized carbons (Fsp3) is 0.375. The number of hydrogen-bond acceptors (Lipinski definition) is 4. The molecular weight excluding hydrogens is 461 g/mol. The van der Waals surface area contributed by atoms with E-state index in [0.29, 0.717) is 35.7 Å². The Kier molecular flexibility index (Phi) is 8.49. The van der Waals surface area contributed by atoms with Gasteiger partial charge in [0.2, 0.25) is 0 Å². The molecule has 0 saturated heterocycles. The van der Waals surface area contributed by atoms with E-state index in [1.54, 1.807) is 25.6 Å². The highest BCUT2D eigenvalue weighted by Gasteiger charge is 2.26. The summed E-state index contributed by atoms with van der Waals surface area (Å²) in [5.41, 5.74) is 2.27. The summed E-state index contributed by atoms with van der Waals surface area (Å²) in [6.07, 6.45) is 13.5. The number of rotatable bonds is 9. The smallest absolute Gasteiger partial charge is 0.147 e. The summed E-state index contributed by atoms with van der Waals surface area (Å²) in [5.74, 6) is 0.812. The lowest BCUT2D eigenvalue weighted by Gasteiger charge is -2.27. The van der Waals surface area contributed by atoms with Crippen molar-refractivity contribution in [1.82, 2.24) is 4.90 Å². The maximum Gasteiger partial charge on any atom is 0.147 e. The summed E-state index contributed by atoms with van der Waals surface area (Å²) in [5, 5.41) is 3.17. The lowest BCUT2D eigenvalue weighted by atomic mass is 9.98. The standard InChI is InChI=1S/C24H29BrFN3O2/c1-29(2)16-28-22-13-24(31-15-17-7-5-4-6-8-17)23(30-3)11-18(22)14-27-21-10-9-19(25)12-20(21)26/h4-7,9-12,16-17,24,27H,8,13-15H2,1-3H3. The van der Waals surface area contributed by atoms with Crippen molar-refractivity contribution in [2.75, 3.05) is 39.7 Å². The van der Waals surface area contributed by atoms with Crippen molar-refractivity contribution in [3.05, 3.63) is 75.9 Å². The molecule has 0 radical (unpaired) electrons. The number of allylic oxidation sites excluding steroid dienone is 3. The van der Waals surface area contributed by atoms with E-state index in [0.717, 1.165) is 23.5 Å². The summed E-state index contributed by atoms with van der Waals surface area (Å²) in [4.78, 5) is 6.55. The molecule has 1 aromatic carbocycles. The monoisotopic (exact) mass is 489 g/mol. The van der Waals surface area contributed by atoms with E-state index in [4.69, 9.17) is 9.47 Å². The Balaban J connectivity index is 1.75. The second-order valence-electron chi connectivity index (χ2n) is 7.74. The first-order chi connectivity index (χ1) is 15.0. The molecule has 0 saturated carbocycles. The van der Waals surface area contributed by atoms with Gasteiger partial charge in [-0.2, -0.15) is 0 Å². The molecular formula is C24H29BrFN3O2. The Morgan fingerprint density at radius 2 is 2.16 bits per heavy atom. The van der Waals surface area contributed by atoms with E-state index in [2.05, 4.69) is 50.5 Å². The zero-order chi connectivity index (χ0) is 22.2. The number of benzene rings is 1. The topological polar surface area (TPSA) is 46.1 Å². The highest BCUT2D eigenvalue weighted by atomic mass is 79.9. The minimum atomic E-state index is -0.309. The molecule has 2 aliphatic carbocycles. The molecule has 0 spiro atoms. The van der Waals surface area contributed by atoms with Crippen LogP contribution in [0.25, 0.3) is 0 Å². The highest BCUT2D eigenvalue weighted by molar-refractivity contribution is 9.10. The Labute approximate surface area is 192 Å². The van der Waals surface area contributed by atoms with Gasteiger partial charge in [0.1, 0.15) is 17.7 Å². The third-order valence-corrected chi connectivity index (χ3v) is 5.54. The van der Waals surface area contributed by atoms with Crippen molar-refractivity contribution >= 4 is 28.0 Å². The molecule has 5 nitrogen and oxygen atoms in total. The molecule has 0 fully saturated rings. The Morgan fingerprint density at radius 3 is 2.84 bits per heavy atom. The van der Waals surface area contributed by atoms with Crippen molar-refractivity contribution in [3.63, 3.8) is 0 Å². The molecule has 1 N–H and O–H groups in total. The first-order valence-corrected chi connectivity index (χ1v) is 11.1. The number of nitrogens with zero attached hydrogens (tertiary/aromatic N) is 2. The van der Waals surface area contributed by atoms with E-state index < -0.39 is 0 Å². The number of aliphatic imine (C=N–C) groups is 1. The molecule has 2 unspecified atom stereocenters. The number of anilines is 1. The fourth-order valence-electron chi connectivity index (χ4n) is 3.38. The Hall–Kier alpha value is -2.38. The highest BCUT2D eigenvalue weighted by Crippen LogP contribution is 2.30. The van der Waals surface area contributed by atoms with Crippen LogP contribution in [0.5, 0.6) is 0 Å². The van der Waals surface area contributed by atoms with Gasteiger partial charge in [-0.1, -0.05) is 40.2 Å². The van der Waals surface area contributed by atoms with Gasteiger partial charge in [-0.05, 0) is 36.3 Å². The lowest BCUT2D eigenvalue weighted by Crippen LogP contribution is -2.26. The minimum absolute atomic E-state index is 0.202. The van der Waals surface area contributed by atoms with Crippen LogP contribution in [0, 0.1) is 11.7 Å². The number of hydrogen-bond donors (Lipinski definition) is 1. The molecule has 0 bridgehead atoms. The molecule has 0 aromatic heterocycles. The molecule has 166 valence electrons. The second-order valence-corrected chi connectivity index (χ2v) is 8.66. The zero-order valence-electron chi connectivity index (χ0n) is 18.1. The average Bonchev–Trinajstić information content (AvgIpc) is 2.76. The van der Waals surface area contributed by atoms with Gasteiger partial charge in [0.15, 0.2) is 0 Å². The number of nitrogens with one attached hydrogen (secondary N) is 1. The van der Waals surface area contributed by atoms with Crippen LogP contribution in [0.1, 0.15) is 12.8 Å². The van der Waals surface area contributed by atoms with Crippen LogP contribution in [-0.2, 0) is 9.47 Å². The van der Waals surface area contributed by atoms with Gasteiger partial charge in [0.05, 0.1) is 31.4 Å². The van der Waals surface area contributed by atoms with Crippen LogP contribution in [0.4, 0.5) is 10.1 Å². The van der Waals surface area contributed by atoms with Gasteiger partial charge < -0.3 is 19.7 Å². The minimum Gasteiger partial charge on any atom is -0.498 e. The third kappa shape index (κ3) is 6.80. The average molecular weight is 490 g/mol. The number of ether oxygens (including phenoxy) is 2. The third-order valence-electron chi connectivity index (χ3n) is 5.04. The molecule has 0 aliphatic heterocycles. The van der Waals surface area contributed by atoms with E-state index in [1.165, 1.54) is 6.07 Å². The maximum atomic E-state index is 14.2. The van der Waals surface area contributed by atoms with Crippen LogP contribution in [-0.4, -0.2) is 51.7 Å². The van der Waals surface area contributed by atoms with Gasteiger partial charge >= 0.3 is 0 Å². The van der Waals surface area contributed by atoms with Crippen LogP contribution in [0.3, 0.4) is 0 Å². The summed E-state index contributed by atoms with van der Waals surface area (Å²) in [6.45, 7) is 1.04. The normalized spacial score (nSPS) is 20.9. The summed E-state index contributed by atoms with van der Waals surface area (Å²) in [7, 11) is 5.50. The van der Waals surface area contributed by atoms with Crippen molar-refractivity contribution in [2.45, 2.75) is 18.9 Å². The Morgan fingerprint density at radius 1 is 1.32 bits per heavy atom. The summed E-state index contributed by atoms with van der Waals surface area (Å²) in [6, 6.07) is 4.96. The molecule has 1 aromatic rings. The SMILES string of the molecule is COC1=CC(CNc2ccc(Br)cc2F)=C(N=CN(C)C)CC1OCC1C=CC=CC1. The van der Waals surface area contributed by atoms with Crippen molar-refractivity contribution in [3.8, 4) is 0 Å². The number of halogens is 2. The van der Waals surface area contributed by atoms with Gasteiger partial charge in [-0.25, -0.2) is 9.38 Å². The van der Waals surface area contributed by atoms with Crippen molar-refractivity contribution in [1.29, 1.82) is 0 Å². The molecule has 2 atom stereocenters. The van der Waals surface area contributed by atoms with Crippen LogP contribution < -0.4 is 5.32 Å². The first kappa shape index (κ1) is 23.3. The largest absolute Gasteiger partial charge is 0.498 e. The Bertz CT molecular complexity index is 921. The molecule has 0 heterocycles. The van der Waals surface area contributed by atoms with E-state index in [9.17, 15) is 4.39 Å². The van der Waals surface area contributed by atoms with Gasteiger partial charge in [0.25, 0.3) is 0 Å². The second kappa shape index (κ2) is 11.3. The van der Waals surface area contributed by atoms with E-state index in [-0.39, 0.29) is 11.9 Å². The maximum absolute atomic E-state index is 14.2. The quantitative estimate of drug-likeness (QED) is 0.377. The molecule has 7 heteroatoms. The van der Waals surface area contributed by atoms with Gasteiger partial charge in [-0.15, -0.1) is 0 Å².